The lowest BCUT2D eigenvalue weighted by Gasteiger charge is -2.16. The van der Waals surface area contributed by atoms with Crippen LogP contribution in [0, 0.1) is 6.92 Å². The third-order valence-electron chi connectivity index (χ3n) is 5.25. The number of amides is 1. The minimum absolute atomic E-state index is 0.408. The van der Waals surface area contributed by atoms with Crippen LogP contribution in [0.25, 0.3) is 22.0 Å². The van der Waals surface area contributed by atoms with Crippen LogP contribution in [0.15, 0.2) is 48.7 Å². The van der Waals surface area contributed by atoms with Gasteiger partial charge in [0.2, 0.25) is 5.91 Å². The molecule has 132 valence electrons. The van der Waals surface area contributed by atoms with Gasteiger partial charge in [0.25, 0.3) is 0 Å². The zero-order chi connectivity index (χ0) is 18.1. The van der Waals surface area contributed by atoms with Gasteiger partial charge in [0.1, 0.15) is 0 Å². The molecule has 4 nitrogen and oxygen atoms in total. The molecule has 0 spiro atoms. The van der Waals surface area contributed by atoms with E-state index in [1.165, 1.54) is 31.5 Å². The van der Waals surface area contributed by atoms with Crippen molar-refractivity contribution in [2.75, 3.05) is 13.1 Å². The van der Waals surface area contributed by atoms with Crippen LogP contribution in [0.4, 0.5) is 0 Å². The van der Waals surface area contributed by atoms with Gasteiger partial charge in [-0.05, 0) is 67.2 Å². The molecule has 1 amide bonds. The van der Waals surface area contributed by atoms with Gasteiger partial charge in [0, 0.05) is 23.7 Å². The number of pyridine rings is 1. The Morgan fingerprint density at radius 1 is 1.12 bits per heavy atom. The average Bonchev–Trinajstić information content (AvgIpc) is 3.15. The maximum absolute atomic E-state index is 11.8. The van der Waals surface area contributed by atoms with Gasteiger partial charge in [0.15, 0.2) is 0 Å². The Bertz CT molecular complexity index is 974. The molecule has 1 aliphatic heterocycles. The number of carbonyl (C=O) groups excluding carboxylic acids is 1. The minimum atomic E-state index is -0.408. The number of carbonyl (C=O) groups is 1. The van der Waals surface area contributed by atoms with Crippen molar-refractivity contribution < 1.29 is 4.79 Å². The smallest absolute Gasteiger partial charge is 0.249 e. The third kappa shape index (κ3) is 3.08. The zero-order valence-corrected chi connectivity index (χ0v) is 15.0. The fourth-order valence-electron chi connectivity index (χ4n) is 3.90. The third-order valence-corrected chi connectivity index (χ3v) is 5.25. The second-order valence-electron chi connectivity index (χ2n) is 7.05. The van der Waals surface area contributed by atoms with Crippen LogP contribution in [-0.2, 0) is 6.54 Å². The summed E-state index contributed by atoms with van der Waals surface area (Å²) in [4.78, 5) is 19.0. The molecule has 2 aromatic carbocycles. The van der Waals surface area contributed by atoms with E-state index < -0.39 is 5.91 Å². The van der Waals surface area contributed by atoms with Crippen molar-refractivity contribution >= 4 is 16.8 Å². The number of aromatic nitrogens is 1. The predicted molar refractivity (Wildman–Crippen MR) is 105 cm³/mol. The summed E-state index contributed by atoms with van der Waals surface area (Å²) in [5.74, 6) is -0.408. The highest BCUT2D eigenvalue weighted by atomic mass is 16.1. The molecule has 0 saturated carbocycles. The van der Waals surface area contributed by atoms with Gasteiger partial charge in [-0.3, -0.25) is 14.7 Å². The van der Waals surface area contributed by atoms with Gasteiger partial charge in [-0.2, -0.15) is 0 Å². The number of hydrogen-bond acceptors (Lipinski definition) is 3. The topological polar surface area (TPSA) is 59.2 Å². The van der Waals surface area contributed by atoms with Crippen molar-refractivity contribution in [2.45, 2.75) is 26.3 Å². The summed E-state index contributed by atoms with van der Waals surface area (Å²) in [5, 5.41) is 1.14. The van der Waals surface area contributed by atoms with Gasteiger partial charge in [-0.25, -0.2) is 0 Å². The molecule has 2 N–H and O–H groups in total. The maximum Gasteiger partial charge on any atom is 0.249 e. The fourth-order valence-corrected chi connectivity index (χ4v) is 3.90. The monoisotopic (exact) mass is 345 g/mol. The lowest BCUT2D eigenvalue weighted by molar-refractivity contribution is 0.100. The fraction of sp³-hybridized carbons (Fsp3) is 0.273. The quantitative estimate of drug-likeness (QED) is 0.780. The Morgan fingerprint density at radius 3 is 2.65 bits per heavy atom. The van der Waals surface area contributed by atoms with Gasteiger partial charge in [-0.15, -0.1) is 0 Å². The molecule has 4 heteroatoms. The molecular weight excluding hydrogens is 322 g/mol. The molecule has 2 heterocycles. The molecule has 1 fully saturated rings. The highest BCUT2D eigenvalue weighted by Crippen LogP contribution is 2.31. The predicted octanol–water partition coefficient (Wildman–Crippen LogP) is 3.90. The van der Waals surface area contributed by atoms with Crippen LogP contribution in [0.1, 0.15) is 34.3 Å². The second kappa shape index (κ2) is 6.89. The first-order valence-electron chi connectivity index (χ1n) is 9.13. The van der Waals surface area contributed by atoms with Crippen molar-refractivity contribution in [3.8, 4) is 11.1 Å². The van der Waals surface area contributed by atoms with Gasteiger partial charge in [-0.1, -0.05) is 30.3 Å². The summed E-state index contributed by atoms with van der Waals surface area (Å²) in [6, 6.07) is 13.9. The summed E-state index contributed by atoms with van der Waals surface area (Å²) in [6.07, 6.45) is 4.57. The zero-order valence-electron chi connectivity index (χ0n) is 15.0. The number of hydrogen-bond donors (Lipinski definition) is 1. The van der Waals surface area contributed by atoms with E-state index in [-0.39, 0.29) is 0 Å². The summed E-state index contributed by atoms with van der Waals surface area (Å²) >= 11 is 0. The highest BCUT2D eigenvalue weighted by Gasteiger charge is 2.15. The lowest BCUT2D eigenvalue weighted by Crippen LogP contribution is -2.18. The van der Waals surface area contributed by atoms with Crippen LogP contribution in [0.3, 0.4) is 0 Å². The van der Waals surface area contributed by atoms with Crippen molar-refractivity contribution in [1.82, 2.24) is 9.88 Å². The number of benzene rings is 2. The average molecular weight is 345 g/mol. The first kappa shape index (κ1) is 16.7. The standard InChI is InChI=1S/C22H23N3O/c1-15-18(19-6-2-3-7-20(19)22(23)26)9-8-17-12-16(13-24-21(15)17)14-25-10-4-5-11-25/h2-3,6-9,12-13H,4-5,10-11,14H2,1H3,(H2,23,26). The Labute approximate surface area is 153 Å². The first-order chi connectivity index (χ1) is 12.6. The number of aryl methyl sites for hydroxylation is 1. The van der Waals surface area contributed by atoms with E-state index in [0.29, 0.717) is 5.56 Å². The molecule has 0 aliphatic carbocycles. The van der Waals surface area contributed by atoms with Gasteiger partial charge >= 0.3 is 0 Å². The summed E-state index contributed by atoms with van der Waals surface area (Å²) in [5.41, 5.74) is 11.3. The van der Waals surface area contributed by atoms with Crippen LogP contribution < -0.4 is 5.73 Å². The number of fused-ring (bicyclic) bond motifs is 1. The minimum Gasteiger partial charge on any atom is -0.366 e. The molecular formula is C22H23N3O. The highest BCUT2D eigenvalue weighted by molar-refractivity contribution is 6.01. The Morgan fingerprint density at radius 2 is 1.88 bits per heavy atom. The van der Waals surface area contributed by atoms with E-state index in [0.717, 1.165) is 34.1 Å². The van der Waals surface area contributed by atoms with E-state index in [9.17, 15) is 4.79 Å². The number of nitrogens with zero attached hydrogens (tertiary/aromatic N) is 2. The molecule has 4 rings (SSSR count). The van der Waals surface area contributed by atoms with E-state index in [1.807, 2.05) is 24.4 Å². The summed E-state index contributed by atoms with van der Waals surface area (Å²) in [7, 11) is 0. The van der Waals surface area contributed by atoms with Crippen molar-refractivity contribution in [3.63, 3.8) is 0 Å². The SMILES string of the molecule is Cc1c(-c2ccccc2C(N)=O)ccc2cc(CN3CCCC3)cnc12. The van der Waals surface area contributed by atoms with E-state index in [1.54, 1.807) is 6.07 Å². The largest absolute Gasteiger partial charge is 0.366 e. The van der Waals surface area contributed by atoms with Crippen LogP contribution in [0.2, 0.25) is 0 Å². The van der Waals surface area contributed by atoms with Crippen LogP contribution in [-0.4, -0.2) is 28.9 Å². The molecule has 1 aromatic heterocycles. The summed E-state index contributed by atoms with van der Waals surface area (Å²) in [6.45, 7) is 5.39. The Kier molecular flexibility index (Phi) is 4.43. The number of rotatable bonds is 4. The molecule has 0 atom stereocenters. The van der Waals surface area contributed by atoms with Gasteiger partial charge < -0.3 is 5.73 Å². The molecule has 1 saturated heterocycles. The van der Waals surface area contributed by atoms with E-state index in [2.05, 4.69) is 30.0 Å². The summed E-state index contributed by atoms with van der Waals surface area (Å²) < 4.78 is 0. The van der Waals surface area contributed by atoms with E-state index >= 15 is 0 Å². The lowest BCUT2D eigenvalue weighted by atomic mass is 9.93. The number of nitrogens with two attached hydrogens (primary N) is 1. The van der Waals surface area contributed by atoms with Crippen molar-refractivity contribution in [2.24, 2.45) is 5.73 Å². The Balaban J connectivity index is 1.75. The molecule has 0 unspecified atom stereocenters. The van der Waals surface area contributed by atoms with Crippen molar-refractivity contribution in [1.29, 1.82) is 0 Å². The molecule has 3 aromatic rings. The second-order valence-corrected chi connectivity index (χ2v) is 7.05. The van der Waals surface area contributed by atoms with E-state index in [4.69, 9.17) is 10.7 Å². The Hall–Kier alpha value is -2.72. The molecule has 0 radical (unpaired) electrons. The normalized spacial score (nSPS) is 14.8. The molecule has 0 bridgehead atoms. The molecule has 26 heavy (non-hydrogen) atoms. The van der Waals surface area contributed by atoms with Crippen LogP contribution >= 0.6 is 0 Å². The van der Waals surface area contributed by atoms with Crippen LogP contribution in [0.5, 0.6) is 0 Å². The molecule has 1 aliphatic rings. The maximum atomic E-state index is 11.8. The number of primary amides is 1. The first-order valence-corrected chi connectivity index (χ1v) is 9.13. The van der Waals surface area contributed by atoms with Crippen molar-refractivity contribution in [3.05, 3.63) is 65.4 Å². The number of likely N-dealkylation sites (tertiary alicyclic amines) is 1. The van der Waals surface area contributed by atoms with Gasteiger partial charge in [0.05, 0.1) is 5.52 Å².